The van der Waals surface area contributed by atoms with Gasteiger partial charge in [0.2, 0.25) is 0 Å². The molecule has 0 aliphatic rings. The predicted octanol–water partition coefficient (Wildman–Crippen LogP) is 4.49. The second-order valence-corrected chi connectivity index (χ2v) is 4.95. The maximum Gasteiger partial charge on any atom is 0.0704 e. The third-order valence-corrected chi connectivity index (χ3v) is 3.12. The van der Waals surface area contributed by atoms with E-state index in [0.29, 0.717) is 5.92 Å². The van der Waals surface area contributed by atoms with Gasteiger partial charge in [-0.1, -0.05) is 43.7 Å². The van der Waals surface area contributed by atoms with E-state index in [1.807, 2.05) is 6.20 Å². The molecule has 17 heavy (non-hydrogen) atoms. The Balaban J connectivity index is 2.41. The standard InChI is InChI=1S/C16H19N/c1-11(2)15-10-17-16(9-13(15)4)14-7-5-12(3)6-8-14/h5-11H,1-4H3. The summed E-state index contributed by atoms with van der Waals surface area (Å²) < 4.78 is 0. The highest BCUT2D eigenvalue weighted by molar-refractivity contribution is 5.60. The minimum absolute atomic E-state index is 0.537. The second-order valence-electron chi connectivity index (χ2n) is 4.95. The van der Waals surface area contributed by atoms with E-state index < -0.39 is 0 Å². The van der Waals surface area contributed by atoms with Gasteiger partial charge in [-0.05, 0) is 37.0 Å². The van der Waals surface area contributed by atoms with Crippen LogP contribution in [0.5, 0.6) is 0 Å². The van der Waals surface area contributed by atoms with Crippen LogP contribution in [-0.4, -0.2) is 4.98 Å². The Bertz CT molecular complexity index is 510. The minimum Gasteiger partial charge on any atom is -0.256 e. The topological polar surface area (TPSA) is 12.9 Å². The molecule has 1 heteroatoms. The van der Waals surface area contributed by atoms with Crippen LogP contribution >= 0.6 is 0 Å². The first kappa shape index (κ1) is 11.8. The van der Waals surface area contributed by atoms with Crippen LogP contribution in [0.1, 0.15) is 36.5 Å². The van der Waals surface area contributed by atoms with E-state index in [-0.39, 0.29) is 0 Å². The monoisotopic (exact) mass is 225 g/mol. The number of nitrogens with zero attached hydrogens (tertiary/aromatic N) is 1. The molecule has 0 N–H and O–H groups in total. The molecule has 0 saturated carbocycles. The van der Waals surface area contributed by atoms with Crippen molar-refractivity contribution in [1.82, 2.24) is 4.98 Å². The molecule has 0 unspecified atom stereocenters. The van der Waals surface area contributed by atoms with Gasteiger partial charge in [-0.25, -0.2) is 0 Å². The minimum atomic E-state index is 0.537. The Morgan fingerprint density at radius 1 is 1.00 bits per heavy atom. The summed E-state index contributed by atoms with van der Waals surface area (Å²) in [5.74, 6) is 0.537. The third kappa shape index (κ3) is 2.55. The van der Waals surface area contributed by atoms with Crippen molar-refractivity contribution in [3.05, 3.63) is 53.2 Å². The van der Waals surface area contributed by atoms with E-state index in [0.717, 1.165) is 5.69 Å². The molecule has 1 heterocycles. The highest BCUT2D eigenvalue weighted by Crippen LogP contribution is 2.23. The SMILES string of the molecule is Cc1ccc(-c2cc(C)c(C(C)C)cn2)cc1. The van der Waals surface area contributed by atoms with Gasteiger partial charge in [-0.15, -0.1) is 0 Å². The second kappa shape index (κ2) is 4.70. The lowest BCUT2D eigenvalue weighted by Crippen LogP contribution is -1.95. The molecule has 0 spiro atoms. The molecule has 1 aromatic heterocycles. The molecule has 0 aliphatic heterocycles. The largest absolute Gasteiger partial charge is 0.256 e. The molecule has 1 aromatic carbocycles. The third-order valence-electron chi connectivity index (χ3n) is 3.12. The maximum atomic E-state index is 4.56. The van der Waals surface area contributed by atoms with Crippen molar-refractivity contribution in [2.75, 3.05) is 0 Å². The smallest absolute Gasteiger partial charge is 0.0704 e. The molecular formula is C16H19N. The Kier molecular flexibility index (Phi) is 3.28. The van der Waals surface area contributed by atoms with Crippen LogP contribution in [0, 0.1) is 13.8 Å². The number of benzene rings is 1. The molecule has 0 radical (unpaired) electrons. The van der Waals surface area contributed by atoms with Gasteiger partial charge in [0.1, 0.15) is 0 Å². The van der Waals surface area contributed by atoms with E-state index >= 15 is 0 Å². The van der Waals surface area contributed by atoms with Crippen molar-refractivity contribution < 1.29 is 0 Å². The van der Waals surface area contributed by atoms with Gasteiger partial charge in [0.05, 0.1) is 5.69 Å². The first-order valence-electron chi connectivity index (χ1n) is 6.11. The molecule has 2 rings (SSSR count). The van der Waals surface area contributed by atoms with E-state index in [4.69, 9.17) is 0 Å². The van der Waals surface area contributed by atoms with Gasteiger partial charge in [0.15, 0.2) is 0 Å². The normalized spacial score (nSPS) is 10.9. The number of aromatic nitrogens is 1. The molecule has 0 amide bonds. The van der Waals surface area contributed by atoms with E-state index in [1.54, 1.807) is 0 Å². The number of hydrogen-bond acceptors (Lipinski definition) is 1. The fourth-order valence-corrected chi connectivity index (χ4v) is 2.05. The van der Waals surface area contributed by atoms with Gasteiger partial charge >= 0.3 is 0 Å². The fourth-order valence-electron chi connectivity index (χ4n) is 2.05. The van der Waals surface area contributed by atoms with Crippen molar-refractivity contribution >= 4 is 0 Å². The van der Waals surface area contributed by atoms with Gasteiger partial charge in [-0.3, -0.25) is 4.98 Å². The quantitative estimate of drug-likeness (QED) is 0.734. The Morgan fingerprint density at radius 3 is 2.18 bits per heavy atom. The van der Waals surface area contributed by atoms with Crippen LogP contribution < -0.4 is 0 Å². The maximum absolute atomic E-state index is 4.56. The van der Waals surface area contributed by atoms with Gasteiger partial charge in [0.25, 0.3) is 0 Å². The molecule has 0 atom stereocenters. The van der Waals surface area contributed by atoms with Crippen molar-refractivity contribution in [3.8, 4) is 11.3 Å². The summed E-state index contributed by atoms with van der Waals surface area (Å²) in [7, 11) is 0. The van der Waals surface area contributed by atoms with E-state index in [9.17, 15) is 0 Å². The highest BCUT2D eigenvalue weighted by Gasteiger charge is 2.06. The fraction of sp³-hybridized carbons (Fsp3) is 0.312. The number of pyridine rings is 1. The first-order valence-corrected chi connectivity index (χ1v) is 6.11. The zero-order valence-electron chi connectivity index (χ0n) is 11.0. The van der Waals surface area contributed by atoms with E-state index in [2.05, 4.69) is 63.0 Å². The zero-order valence-corrected chi connectivity index (χ0v) is 11.0. The van der Waals surface area contributed by atoms with Crippen LogP contribution in [0.15, 0.2) is 36.5 Å². The first-order chi connectivity index (χ1) is 8.08. The summed E-state index contributed by atoms with van der Waals surface area (Å²) in [6.45, 7) is 8.67. The summed E-state index contributed by atoms with van der Waals surface area (Å²) in [6, 6.07) is 10.7. The van der Waals surface area contributed by atoms with Crippen molar-refractivity contribution in [1.29, 1.82) is 0 Å². The van der Waals surface area contributed by atoms with Crippen LogP contribution in [0.25, 0.3) is 11.3 Å². The molecule has 0 aliphatic carbocycles. The molecule has 88 valence electrons. The van der Waals surface area contributed by atoms with Gasteiger partial charge in [-0.2, -0.15) is 0 Å². The molecular weight excluding hydrogens is 206 g/mol. The summed E-state index contributed by atoms with van der Waals surface area (Å²) >= 11 is 0. The summed E-state index contributed by atoms with van der Waals surface area (Å²) in [5.41, 5.74) is 6.19. The highest BCUT2D eigenvalue weighted by atomic mass is 14.7. The molecule has 0 bridgehead atoms. The average molecular weight is 225 g/mol. The Morgan fingerprint density at radius 2 is 1.65 bits per heavy atom. The van der Waals surface area contributed by atoms with Crippen LogP contribution in [0.2, 0.25) is 0 Å². The Labute approximate surface area is 104 Å². The lowest BCUT2D eigenvalue weighted by molar-refractivity contribution is 0.848. The zero-order chi connectivity index (χ0) is 12.4. The van der Waals surface area contributed by atoms with Crippen molar-refractivity contribution in [2.24, 2.45) is 0 Å². The lowest BCUT2D eigenvalue weighted by Gasteiger charge is -2.10. The van der Waals surface area contributed by atoms with Crippen LogP contribution in [0.3, 0.4) is 0 Å². The molecule has 1 nitrogen and oxygen atoms in total. The number of hydrogen-bond donors (Lipinski definition) is 0. The molecule has 0 saturated heterocycles. The van der Waals surface area contributed by atoms with Crippen molar-refractivity contribution in [2.45, 2.75) is 33.6 Å². The Hall–Kier alpha value is -1.63. The van der Waals surface area contributed by atoms with E-state index in [1.165, 1.54) is 22.3 Å². The van der Waals surface area contributed by atoms with Gasteiger partial charge in [0, 0.05) is 11.8 Å². The molecule has 0 fully saturated rings. The lowest BCUT2D eigenvalue weighted by atomic mass is 9.98. The number of aryl methyl sites for hydroxylation is 2. The van der Waals surface area contributed by atoms with Crippen LogP contribution in [0.4, 0.5) is 0 Å². The van der Waals surface area contributed by atoms with Crippen LogP contribution in [-0.2, 0) is 0 Å². The van der Waals surface area contributed by atoms with Crippen molar-refractivity contribution in [3.63, 3.8) is 0 Å². The number of rotatable bonds is 2. The average Bonchev–Trinajstić information content (AvgIpc) is 2.29. The summed E-state index contributed by atoms with van der Waals surface area (Å²) in [4.78, 5) is 4.56. The van der Waals surface area contributed by atoms with Gasteiger partial charge < -0.3 is 0 Å². The summed E-state index contributed by atoms with van der Waals surface area (Å²) in [5, 5.41) is 0. The predicted molar refractivity (Wildman–Crippen MR) is 73.2 cm³/mol. The molecule has 2 aromatic rings. The summed E-state index contributed by atoms with van der Waals surface area (Å²) in [6.07, 6.45) is 2.01.